The minimum Gasteiger partial charge on any atom is -0.507 e. The smallest absolute Gasteiger partial charge is 0.379 e. The topological polar surface area (TPSA) is 136 Å². The summed E-state index contributed by atoms with van der Waals surface area (Å²) in [7, 11) is 3.06. The molecular weight excluding hydrogens is 536 g/mol. The second-order valence-electron chi connectivity index (χ2n) is 9.52. The minimum absolute atomic E-state index is 0.0292. The van der Waals surface area contributed by atoms with Crippen LogP contribution in [0, 0.1) is 0 Å². The minimum atomic E-state index is -1.03. The fourth-order valence-corrected chi connectivity index (χ4v) is 4.00. The van der Waals surface area contributed by atoms with E-state index in [1.54, 1.807) is 32.2 Å². The van der Waals surface area contributed by atoms with Gasteiger partial charge in [0.2, 0.25) is 0 Å². The molecule has 0 aliphatic carbocycles. The number of ether oxygens (including phenoxy) is 7. The summed E-state index contributed by atoms with van der Waals surface area (Å²) in [6.07, 6.45) is 0.329. The molecule has 222 valence electrons. The maximum atomic E-state index is 12.1. The predicted molar refractivity (Wildman–Crippen MR) is 149 cm³/mol. The predicted octanol–water partition coefficient (Wildman–Crippen LogP) is 4.72. The fourth-order valence-electron chi connectivity index (χ4n) is 4.00. The molecule has 0 fully saturated rings. The van der Waals surface area contributed by atoms with Crippen LogP contribution in [-0.2, 0) is 14.3 Å². The molecule has 2 aliphatic rings. The maximum absolute atomic E-state index is 12.1. The number of benzene rings is 2. The average molecular weight is 573 g/mol. The number of fused-ring (bicyclic) bond motifs is 2. The number of rotatable bonds is 9. The number of carbonyl (C=O) groups is 3. The van der Waals surface area contributed by atoms with Gasteiger partial charge in [-0.3, -0.25) is 9.59 Å². The molecule has 11 nitrogen and oxygen atoms in total. The second kappa shape index (κ2) is 13.8. The molecule has 0 amide bonds. The van der Waals surface area contributed by atoms with Gasteiger partial charge in [0.1, 0.15) is 23.9 Å². The van der Waals surface area contributed by atoms with Crippen LogP contribution in [0.25, 0.3) is 5.76 Å². The van der Waals surface area contributed by atoms with Crippen LogP contribution in [0.4, 0.5) is 0 Å². The Bertz CT molecular complexity index is 1320. The van der Waals surface area contributed by atoms with Gasteiger partial charge < -0.3 is 38.3 Å². The van der Waals surface area contributed by atoms with Gasteiger partial charge >= 0.3 is 5.97 Å². The highest BCUT2D eigenvalue weighted by Gasteiger charge is 2.31. The lowest BCUT2D eigenvalue weighted by Gasteiger charge is -2.22. The largest absolute Gasteiger partial charge is 0.507 e. The molecule has 0 spiro atoms. The lowest BCUT2D eigenvalue weighted by molar-refractivity contribution is -0.152. The van der Waals surface area contributed by atoms with Gasteiger partial charge in [0.25, 0.3) is 5.78 Å². The summed E-state index contributed by atoms with van der Waals surface area (Å²) in [6, 6.07) is 6.50. The van der Waals surface area contributed by atoms with E-state index in [4.69, 9.17) is 28.4 Å². The molecule has 41 heavy (non-hydrogen) atoms. The molecule has 2 aromatic rings. The Kier molecular flexibility index (Phi) is 10.5. The van der Waals surface area contributed by atoms with Gasteiger partial charge in [-0.15, -0.1) is 0 Å². The van der Waals surface area contributed by atoms with E-state index in [-0.39, 0.29) is 48.1 Å². The Morgan fingerprint density at radius 2 is 1.39 bits per heavy atom. The Morgan fingerprint density at radius 3 is 1.90 bits per heavy atom. The number of carbonyl (C=O) groups excluding carboxylic acids is 3. The highest BCUT2D eigenvalue weighted by atomic mass is 16.5. The molecule has 0 unspecified atom stereocenters. The monoisotopic (exact) mass is 572 g/mol. The van der Waals surface area contributed by atoms with Crippen LogP contribution in [0.1, 0.15) is 57.0 Å². The van der Waals surface area contributed by atoms with Crippen molar-refractivity contribution in [2.45, 2.75) is 53.2 Å². The highest BCUT2D eigenvalue weighted by Crippen LogP contribution is 2.41. The van der Waals surface area contributed by atoms with Gasteiger partial charge in [0, 0.05) is 18.6 Å². The van der Waals surface area contributed by atoms with Gasteiger partial charge in [-0.05, 0) is 46.8 Å². The molecule has 0 radical (unpaired) electrons. The molecule has 2 heterocycles. The third-order valence-corrected chi connectivity index (χ3v) is 5.79. The van der Waals surface area contributed by atoms with Crippen molar-refractivity contribution in [2.24, 2.45) is 0 Å². The molecule has 0 atom stereocenters. The van der Waals surface area contributed by atoms with Gasteiger partial charge in [-0.2, -0.15) is 0 Å². The Morgan fingerprint density at radius 1 is 0.854 bits per heavy atom. The third kappa shape index (κ3) is 7.41. The number of aliphatic hydroxyl groups is 1. The maximum Gasteiger partial charge on any atom is 0.379 e. The second-order valence-corrected chi connectivity index (χ2v) is 9.52. The van der Waals surface area contributed by atoms with E-state index >= 15 is 0 Å². The molecule has 0 saturated carbocycles. The first-order valence-corrected chi connectivity index (χ1v) is 13.2. The van der Waals surface area contributed by atoms with Crippen LogP contribution in [0.2, 0.25) is 0 Å². The Labute approximate surface area is 238 Å². The summed E-state index contributed by atoms with van der Waals surface area (Å²) in [5.41, 5.74) is 0.680. The van der Waals surface area contributed by atoms with Crippen LogP contribution >= 0.6 is 0 Å². The molecular formula is C30H36O11. The van der Waals surface area contributed by atoms with Gasteiger partial charge in [-0.25, -0.2) is 4.79 Å². The Balaban J connectivity index is 0.000000239. The van der Waals surface area contributed by atoms with E-state index in [0.717, 1.165) is 0 Å². The van der Waals surface area contributed by atoms with Crippen LogP contribution < -0.4 is 28.4 Å². The van der Waals surface area contributed by atoms with Crippen molar-refractivity contribution in [3.8, 4) is 34.5 Å². The quantitative estimate of drug-likeness (QED) is 0.330. The van der Waals surface area contributed by atoms with E-state index in [1.807, 2.05) is 27.7 Å². The lowest BCUT2D eigenvalue weighted by Crippen LogP contribution is -2.26. The number of aliphatic hydroxyl groups excluding tert-OH is 1. The molecule has 0 bridgehead atoms. The third-order valence-electron chi connectivity index (χ3n) is 5.79. The van der Waals surface area contributed by atoms with E-state index in [9.17, 15) is 19.5 Å². The van der Waals surface area contributed by atoms with Gasteiger partial charge in [0.05, 0.1) is 56.3 Å². The number of esters is 1. The first-order valence-electron chi connectivity index (χ1n) is 13.2. The summed E-state index contributed by atoms with van der Waals surface area (Å²) in [5, 5.41) is 10.4. The van der Waals surface area contributed by atoms with Crippen molar-refractivity contribution in [1.29, 1.82) is 0 Å². The Hall–Kier alpha value is -4.41. The summed E-state index contributed by atoms with van der Waals surface area (Å²) < 4.78 is 37.3. The van der Waals surface area contributed by atoms with Crippen LogP contribution in [-0.4, -0.2) is 68.9 Å². The van der Waals surface area contributed by atoms with Crippen molar-refractivity contribution in [1.82, 2.24) is 0 Å². The first kappa shape index (κ1) is 31.1. The standard InChI is InChI=1S/C17H20O7.C13H16O4/c1-5-22-17(20)16(19)11-8-23-12-7-13(21-4)14(24-9(2)3)6-10(12)15(11)18;1-8(2)17-13-6-9-10(14)4-5-16-11(9)7-12(13)15-3/h6-7,9,18H,5,8H2,1-4H3;6-8H,4-5H2,1-3H3. The van der Waals surface area contributed by atoms with Crippen molar-refractivity contribution < 1.29 is 52.6 Å². The summed E-state index contributed by atoms with van der Waals surface area (Å²) >= 11 is 0. The van der Waals surface area contributed by atoms with Crippen molar-refractivity contribution in [3.63, 3.8) is 0 Å². The summed E-state index contributed by atoms with van der Waals surface area (Å²) in [5.74, 6) is 0.720. The molecule has 4 rings (SSSR count). The van der Waals surface area contributed by atoms with Gasteiger partial charge in [0.15, 0.2) is 28.8 Å². The summed E-state index contributed by atoms with van der Waals surface area (Å²) in [6.45, 7) is 9.41. The van der Waals surface area contributed by atoms with Gasteiger partial charge in [-0.1, -0.05) is 0 Å². The number of Topliss-reactive ketones (excluding diaryl/α,β-unsaturated/α-hetero) is 2. The van der Waals surface area contributed by atoms with Crippen LogP contribution in [0.15, 0.2) is 29.8 Å². The van der Waals surface area contributed by atoms with Crippen molar-refractivity contribution >= 4 is 23.3 Å². The molecule has 0 saturated heterocycles. The fraction of sp³-hybridized carbons (Fsp3) is 0.433. The molecule has 1 N–H and O–H groups in total. The zero-order chi connectivity index (χ0) is 30.3. The van der Waals surface area contributed by atoms with E-state index in [1.165, 1.54) is 13.2 Å². The van der Waals surface area contributed by atoms with E-state index in [0.29, 0.717) is 53.1 Å². The zero-order valence-electron chi connectivity index (χ0n) is 24.3. The normalized spacial score (nSPS) is 13.6. The number of ketones is 2. The lowest BCUT2D eigenvalue weighted by atomic mass is 10.0. The van der Waals surface area contributed by atoms with Crippen molar-refractivity contribution in [2.75, 3.05) is 34.0 Å². The molecule has 2 aromatic carbocycles. The molecule has 11 heteroatoms. The number of hydrogen-bond acceptors (Lipinski definition) is 11. The van der Waals surface area contributed by atoms with Crippen LogP contribution in [0.3, 0.4) is 0 Å². The van der Waals surface area contributed by atoms with E-state index in [2.05, 4.69) is 4.74 Å². The number of methoxy groups -OCH3 is 2. The first-order chi connectivity index (χ1) is 19.5. The van der Waals surface area contributed by atoms with Crippen LogP contribution in [0.5, 0.6) is 34.5 Å². The number of hydrogen-bond donors (Lipinski definition) is 1. The van der Waals surface area contributed by atoms with Crippen molar-refractivity contribution in [3.05, 3.63) is 41.0 Å². The zero-order valence-corrected chi connectivity index (χ0v) is 24.3. The molecule has 2 aliphatic heterocycles. The summed E-state index contributed by atoms with van der Waals surface area (Å²) in [4.78, 5) is 35.4. The SMILES string of the molecule is CCOC(=O)C(=O)C1=C(O)c2cc(OC(C)C)c(OC)cc2OC1.COc1cc2c(cc1OC(C)C)C(=O)CCO2. The molecule has 0 aromatic heterocycles. The van der Waals surface area contributed by atoms with E-state index < -0.39 is 11.8 Å². The highest BCUT2D eigenvalue weighted by molar-refractivity contribution is 6.42. The average Bonchev–Trinajstić information content (AvgIpc) is 2.93.